The summed E-state index contributed by atoms with van der Waals surface area (Å²) >= 11 is 0. The third-order valence-corrected chi connectivity index (χ3v) is 4.44. The maximum Gasteiger partial charge on any atom is 0.0951 e. The molecule has 0 spiro atoms. The van der Waals surface area contributed by atoms with Crippen LogP contribution in [0.25, 0.3) is 0 Å². The molecule has 1 aromatic carbocycles. The number of nitrogens with zero attached hydrogens (tertiary/aromatic N) is 4. The van der Waals surface area contributed by atoms with E-state index in [1.165, 1.54) is 17.0 Å². The molecule has 4 heteroatoms. The average molecular weight is 304 g/mol. The Morgan fingerprint density at radius 2 is 1.78 bits per heavy atom. The molecule has 0 aliphatic carbocycles. The standard InChI is InChI=1S/C19H20N4/c1-2-6-16(7-3-1)11-23-15-20-10-18(23)14-22-12-17(13-22)19-8-4-5-9-21-19/h1-10,15,17H,11-14H2. The number of aromatic nitrogens is 3. The predicted octanol–water partition coefficient (Wildman–Crippen LogP) is 2.93. The van der Waals surface area contributed by atoms with E-state index < -0.39 is 0 Å². The van der Waals surface area contributed by atoms with Crippen LogP contribution in [0.15, 0.2) is 67.3 Å². The minimum atomic E-state index is 0.571. The van der Waals surface area contributed by atoms with Crippen LogP contribution in [0.1, 0.15) is 22.9 Å². The van der Waals surface area contributed by atoms with Gasteiger partial charge in [-0.15, -0.1) is 0 Å². The molecule has 0 amide bonds. The zero-order valence-electron chi connectivity index (χ0n) is 13.0. The van der Waals surface area contributed by atoms with Crippen molar-refractivity contribution in [3.05, 3.63) is 84.2 Å². The number of hydrogen-bond donors (Lipinski definition) is 0. The zero-order valence-corrected chi connectivity index (χ0v) is 13.0. The Morgan fingerprint density at radius 1 is 0.957 bits per heavy atom. The van der Waals surface area contributed by atoms with Gasteiger partial charge in [0.25, 0.3) is 0 Å². The van der Waals surface area contributed by atoms with Crippen molar-refractivity contribution >= 4 is 0 Å². The summed E-state index contributed by atoms with van der Waals surface area (Å²) in [6.07, 6.45) is 5.79. The molecule has 0 saturated carbocycles. The molecule has 4 nitrogen and oxygen atoms in total. The molecular formula is C19H20N4. The Bertz CT molecular complexity index is 745. The van der Waals surface area contributed by atoms with Gasteiger partial charge in [0, 0.05) is 50.2 Å². The summed E-state index contributed by atoms with van der Waals surface area (Å²) in [5.74, 6) is 0.571. The van der Waals surface area contributed by atoms with Crippen LogP contribution >= 0.6 is 0 Å². The van der Waals surface area contributed by atoms with E-state index in [0.29, 0.717) is 5.92 Å². The second kappa shape index (κ2) is 6.34. The summed E-state index contributed by atoms with van der Waals surface area (Å²) < 4.78 is 2.24. The van der Waals surface area contributed by atoms with Gasteiger partial charge in [-0.2, -0.15) is 0 Å². The first-order valence-corrected chi connectivity index (χ1v) is 8.05. The first kappa shape index (κ1) is 14.2. The number of imidazole rings is 1. The van der Waals surface area contributed by atoms with E-state index >= 15 is 0 Å². The van der Waals surface area contributed by atoms with Gasteiger partial charge in [0.15, 0.2) is 0 Å². The summed E-state index contributed by atoms with van der Waals surface area (Å²) in [7, 11) is 0. The Labute approximate surface area is 136 Å². The minimum absolute atomic E-state index is 0.571. The third-order valence-electron chi connectivity index (χ3n) is 4.44. The molecule has 116 valence electrons. The number of pyridine rings is 1. The molecule has 0 atom stereocenters. The number of benzene rings is 1. The highest BCUT2D eigenvalue weighted by atomic mass is 15.2. The first-order valence-electron chi connectivity index (χ1n) is 8.05. The van der Waals surface area contributed by atoms with E-state index in [1.807, 2.05) is 24.8 Å². The Morgan fingerprint density at radius 3 is 2.57 bits per heavy atom. The topological polar surface area (TPSA) is 34.0 Å². The summed E-state index contributed by atoms with van der Waals surface area (Å²) in [5, 5.41) is 0. The maximum absolute atomic E-state index is 4.46. The highest BCUT2D eigenvalue weighted by Crippen LogP contribution is 2.26. The summed E-state index contributed by atoms with van der Waals surface area (Å²) in [5.41, 5.74) is 3.79. The van der Waals surface area contributed by atoms with Crippen molar-refractivity contribution in [3.8, 4) is 0 Å². The van der Waals surface area contributed by atoms with Crippen LogP contribution in [-0.2, 0) is 13.1 Å². The lowest BCUT2D eigenvalue weighted by Crippen LogP contribution is -2.44. The van der Waals surface area contributed by atoms with Crippen molar-refractivity contribution in [2.45, 2.75) is 19.0 Å². The van der Waals surface area contributed by atoms with Gasteiger partial charge in [-0.1, -0.05) is 36.4 Å². The lowest BCUT2D eigenvalue weighted by molar-refractivity contribution is 0.134. The minimum Gasteiger partial charge on any atom is -0.329 e. The van der Waals surface area contributed by atoms with Gasteiger partial charge in [-0.25, -0.2) is 4.98 Å². The van der Waals surface area contributed by atoms with Crippen LogP contribution in [0.5, 0.6) is 0 Å². The molecule has 0 bridgehead atoms. The summed E-state index contributed by atoms with van der Waals surface area (Å²) in [6.45, 7) is 3.99. The molecule has 0 N–H and O–H groups in total. The predicted molar refractivity (Wildman–Crippen MR) is 90.0 cm³/mol. The fraction of sp³-hybridized carbons (Fsp3) is 0.263. The SMILES string of the molecule is c1ccc(Cn2cncc2CN2CC(c3ccccn3)C2)cc1. The molecule has 1 fully saturated rings. The van der Waals surface area contributed by atoms with Gasteiger partial charge in [-0.3, -0.25) is 9.88 Å². The molecule has 1 aliphatic rings. The van der Waals surface area contributed by atoms with Crippen molar-refractivity contribution < 1.29 is 0 Å². The fourth-order valence-corrected chi connectivity index (χ4v) is 3.13. The maximum atomic E-state index is 4.46. The molecule has 3 heterocycles. The van der Waals surface area contributed by atoms with Gasteiger partial charge in [0.1, 0.15) is 0 Å². The smallest absolute Gasteiger partial charge is 0.0951 e. The van der Waals surface area contributed by atoms with Gasteiger partial charge in [0.2, 0.25) is 0 Å². The normalized spacial score (nSPS) is 15.5. The molecule has 2 aromatic heterocycles. The number of likely N-dealkylation sites (tertiary alicyclic amines) is 1. The Kier molecular flexibility index (Phi) is 3.90. The van der Waals surface area contributed by atoms with E-state index in [1.54, 1.807) is 0 Å². The van der Waals surface area contributed by atoms with Crippen molar-refractivity contribution in [1.82, 2.24) is 19.4 Å². The first-order chi connectivity index (χ1) is 11.4. The molecule has 0 radical (unpaired) electrons. The second-order valence-electron chi connectivity index (χ2n) is 6.14. The van der Waals surface area contributed by atoms with Crippen LogP contribution in [-0.4, -0.2) is 32.5 Å². The fourth-order valence-electron chi connectivity index (χ4n) is 3.13. The van der Waals surface area contributed by atoms with Crippen LogP contribution < -0.4 is 0 Å². The van der Waals surface area contributed by atoms with Gasteiger partial charge in [0.05, 0.1) is 12.0 Å². The lowest BCUT2D eigenvalue weighted by atomic mass is 9.95. The molecule has 3 aromatic rings. The molecule has 4 rings (SSSR count). The third kappa shape index (κ3) is 3.17. The second-order valence-corrected chi connectivity index (χ2v) is 6.14. The molecule has 1 aliphatic heterocycles. The van der Waals surface area contributed by atoms with Gasteiger partial charge < -0.3 is 4.57 Å². The van der Waals surface area contributed by atoms with E-state index in [2.05, 4.69) is 61.9 Å². The average Bonchev–Trinajstić information content (AvgIpc) is 2.99. The van der Waals surface area contributed by atoms with E-state index in [-0.39, 0.29) is 0 Å². The van der Waals surface area contributed by atoms with Gasteiger partial charge in [-0.05, 0) is 17.7 Å². The molecular weight excluding hydrogens is 284 g/mol. The highest BCUT2D eigenvalue weighted by Gasteiger charge is 2.29. The van der Waals surface area contributed by atoms with E-state index in [4.69, 9.17) is 0 Å². The Balaban J connectivity index is 1.37. The molecule has 0 unspecified atom stereocenters. The number of rotatable bonds is 5. The Hall–Kier alpha value is -2.46. The lowest BCUT2D eigenvalue weighted by Gasteiger charge is -2.38. The quantitative estimate of drug-likeness (QED) is 0.727. The zero-order chi connectivity index (χ0) is 15.5. The van der Waals surface area contributed by atoms with Crippen LogP contribution in [0.4, 0.5) is 0 Å². The monoisotopic (exact) mass is 304 g/mol. The highest BCUT2D eigenvalue weighted by molar-refractivity contribution is 5.17. The van der Waals surface area contributed by atoms with Crippen molar-refractivity contribution in [3.63, 3.8) is 0 Å². The van der Waals surface area contributed by atoms with Crippen molar-refractivity contribution in [1.29, 1.82) is 0 Å². The van der Waals surface area contributed by atoms with Crippen LogP contribution in [0.2, 0.25) is 0 Å². The van der Waals surface area contributed by atoms with Gasteiger partial charge >= 0.3 is 0 Å². The van der Waals surface area contributed by atoms with Crippen LogP contribution in [0, 0.1) is 0 Å². The van der Waals surface area contributed by atoms with Crippen molar-refractivity contribution in [2.75, 3.05) is 13.1 Å². The molecule has 1 saturated heterocycles. The van der Waals surface area contributed by atoms with Crippen LogP contribution in [0.3, 0.4) is 0 Å². The van der Waals surface area contributed by atoms with E-state index in [9.17, 15) is 0 Å². The number of hydrogen-bond acceptors (Lipinski definition) is 3. The largest absolute Gasteiger partial charge is 0.329 e. The summed E-state index contributed by atoms with van der Waals surface area (Å²) in [6, 6.07) is 16.7. The van der Waals surface area contributed by atoms with E-state index in [0.717, 1.165) is 26.2 Å². The summed E-state index contributed by atoms with van der Waals surface area (Å²) in [4.78, 5) is 11.2. The molecule has 23 heavy (non-hydrogen) atoms. The van der Waals surface area contributed by atoms with Crippen molar-refractivity contribution in [2.24, 2.45) is 0 Å².